The summed E-state index contributed by atoms with van der Waals surface area (Å²) in [6.45, 7) is 2.77. The number of anilines is 2. The minimum absolute atomic E-state index is 0.255. The molecule has 5 nitrogen and oxygen atoms in total. The third kappa shape index (κ3) is 2.25. The first kappa shape index (κ1) is 12.3. The van der Waals surface area contributed by atoms with Crippen LogP contribution >= 0.6 is 11.3 Å². The van der Waals surface area contributed by atoms with Gasteiger partial charge in [-0.1, -0.05) is 6.92 Å². The van der Waals surface area contributed by atoms with Crippen molar-refractivity contribution in [1.29, 1.82) is 5.26 Å². The number of carbonyl (C=O) groups excluding carboxylic acids is 1. The Balaban J connectivity index is 3.15. The number of rotatable bonds is 4. The highest BCUT2D eigenvalue weighted by atomic mass is 32.1. The Hall–Kier alpha value is -1.74. The maximum atomic E-state index is 11.6. The van der Waals surface area contributed by atoms with Gasteiger partial charge in [-0.05, 0) is 6.42 Å². The summed E-state index contributed by atoms with van der Waals surface area (Å²) in [5.74, 6) is -0.270. The lowest BCUT2D eigenvalue weighted by Crippen LogP contribution is -2.20. The van der Waals surface area contributed by atoms with Gasteiger partial charge in [0.15, 0.2) is 0 Å². The fourth-order valence-electron chi connectivity index (χ4n) is 1.24. The van der Waals surface area contributed by atoms with Crippen LogP contribution in [-0.2, 0) is 0 Å². The van der Waals surface area contributed by atoms with E-state index in [2.05, 4.69) is 10.6 Å². The third-order valence-electron chi connectivity index (χ3n) is 2.04. The molecule has 0 spiro atoms. The van der Waals surface area contributed by atoms with E-state index < -0.39 is 0 Å². The van der Waals surface area contributed by atoms with Crippen molar-refractivity contribution < 1.29 is 4.79 Å². The van der Waals surface area contributed by atoms with Crippen LogP contribution < -0.4 is 16.4 Å². The van der Waals surface area contributed by atoms with E-state index >= 15 is 0 Å². The highest BCUT2D eigenvalue weighted by Crippen LogP contribution is 2.34. The highest BCUT2D eigenvalue weighted by molar-refractivity contribution is 7.17. The largest absolute Gasteiger partial charge is 0.396 e. The van der Waals surface area contributed by atoms with Crippen LogP contribution in [-0.4, -0.2) is 19.5 Å². The minimum Gasteiger partial charge on any atom is -0.396 e. The quantitative estimate of drug-likeness (QED) is 0.739. The third-order valence-corrected chi connectivity index (χ3v) is 3.10. The number of nitrogen functional groups attached to an aromatic ring is 1. The average molecular weight is 238 g/mol. The van der Waals surface area contributed by atoms with Gasteiger partial charge >= 0.3 is 0 Å². The van der Waals surface area contributed by atoms with Gasteiger partial charge in [-0.25, -0.2) is 0 Å². The van der Waals surface area contributed by atoms with Crippen LogP contribution in [0.4, 0.5) is 10.7 Å². The zero-order chi connectivity index (χ0) is 12.1. The van der Waals surface area contributed by atoms with Crippen molar-refractivity contribution in [3.05, 3.63) is 10.4 Å². The molecule has 0 saturated heterocycles. The number of carbonyl (C=O) groups is 1. The van der Waals surface area contributed by atoms with E-state index in [4.69, 9.17) is 11.0 Å². The van der Waals surface area contributed by atoms with Gasteiger partial charge in [0.2, 0.25) is 0 Å². The first-order valence-electron chi connectivity index (χ1n) is 4.94. The lowest BCUT2D eigenvalue weighted by Gasteiger charge is -2.05. The first-order valence-corrected chi connectivity index (χ1v) is 5.75. The van der Waals surface area contributed by atoms with Crippen LogP contribution in [0, 0.1) is 11.3 Å². The smallest absolute Gasteiger partial charge is 0.256 e. The topological polar surface area (TPSA) is 90.9 Å². The number of amides is 1. The Morgan fingerprint density at radius 3 is 2.81 bits per heavy atom. The van der Waals surface area contributed by atoms with E-state index in [1.807, 2.05) is 13.0 Å². The van der Waals surface area contributed by atoms with E-state index in [9.17, 15) is 4.79 Å². The van der Waals surface area contributed by atoms with Gasteiger partial charge in [0.05, 0.1) is 11.3 Å². The van der Waals surface area contributed by atoms with Crippen LogP contribution in [0.25, 0.3) is 0 Å². The second-order valence-corrected chi connectivity index (χ2v) is 4.19. The molecule has 1 heterocycles. The molecule has 0 saturated carbocycles. The van der Waals surface area contributed by atoms with E-state index in [0.29, 0.717) is 15.4 Å². The van der Waals surface area contributed by atoms with Gasteiger partial charge in [-0.2, -0.15) is 5.26 Å². The van der Waals surface area contributed by atoms with Crippen molar-refractivity contribution in [2.75, 3.05) is 24.6 Å². The van der Waals surface area contributed by atoms with E-state index in [1.165, 1.54) is 18.4 Å². The molecule has 1 aromatic heterocycles. The number of thiophene rings is 1. The number of nitrogens with zero attached hydrogens (tertiary/aromatic N) is 1. The summed E-state index contributed by atoms with van der Waals surface area (Å²) in [6.07, 6.45) is 0.937. The SMILES string of the molecule is CCCNc1sc(C#N)c(N)c1C(=O)NC. The molecule has 0 aliphatic rings. The fourth-order valence-corrected chi connectivity index (χ4v) is 2.18. The molecule has 0 atom stereocenters. The van der Waals surface area contributed by atoms with Crippen LogP contribution in [0.3, 0.4) is 0 Å². The summed E-state index contributed by atoms with van der Waals surface area (Å²) in [6, 6.07) is 1.98. The molecule has 0 fully saturated rings. The molecule has 1 aromatic rings. The molecule has 1 rings (SSSR count). The summed E-state index contributed by atoms with van der Waals surface area (Å²) in [4.78, 5) is 12.0. The summed E-state index contributed by atoms with van der Waals surface area (Å²) >= 11 is 1.21. The highest BCUT2D eigenvalue weighted by Gasteiger charge is 2.20. The van der Waals surface area contributed by atoms with Crippen LogP contribution in [0.15, 0.2) is 0 Å². The van der Waals surface area contributed by atoms with Crippen molar-refractivity contribution in [3.8, 4) is 6.07 Å². The summed E-state index contributed by atoms with van der Waals surface area (Å²) in [7, 11) is 1.54. The molecule has 6 heteroatoms. The van der Waals surface area contributed by atoms with E-state index in [0.717, 1.165) is 13.0 Å². The molecule has 0 aliphatic carbocycles. The monoisotopic (exact) mass is 238 g/mol. The van der Waals surface area contributed by atoms with E-state index in [-0.39, 0.29) is 11.6 Å². The van der Waals surface area contributed by atoms with Crippen molar-refractivity contribution in [3.63, 3.8) is 0 Å². The molecule has 0 bridgehead atoms. The Bertz CT molecular complexity index is 433. The van der Waals surface area contributed by atoms with Gasteiger partial charge in [-0.3, -0.25) is 4.79 Å². The lowest BCUT2D eigenvalue weighted by molar-refractivity contribution is 0.0965. The Kier molecular flexibility index (Phi) is 4.14. The normalized spacial score (nSPS) is 9.56. The standard InChI is InChI=1S/C10H14N4OS/c1-3-4-14-10-7(9(15)13-2)8(12)6(5-11)16-10/h14H,3-4,12H2,1-2H3,(H,13,15). The van der Waals surface area contributed by atoms with Crippen molar-refractivity contribution in [2.45, 2.75) is 13.3 Å². The first-order chi connectivity index (χ1) is 7.65. The van der Waals surface area contributed by atoms with Gasteiger partial charge in [0.25, 0.3) is 5.91 Å². The average Bonchev–Trinajstić information content (AvgIpc) is 2.62. The van der Waals surface area contributed by atoms with E-state index in [1.54, 1.807) is 0 Å². The molecule has 0 unspecified atom stereocenters. The minimum atomic E-state index is -0.270. The lowest BCUT2D eigenvalue weighted by atomic mass is 10.2. The molecule has 86 valence electrons. The van der Waals surface area contributed by atoms with Gasteiger partial charge in [0.1, 0.15) is 15.9 Å². The second kappa shape index (κ2) is 5.37. The van der Waals surface area contributed by atoms with Gasteiger partial charge < -0.3 is 16.4 Å². The molecular formula is C10H14N4OS. The number of nitriles is 1. The molecular weight excluding hydrogens is 224 g/mol. The maximum absolute atomic E-state index is 11.6. The molecule has 16 heavy (non-hydrogen) atoms. The summed E-state index contributed by atoms with van der Waals surface area (Å²) < 4.78 is 0. The van der Waals surface area contributed by atoms with Crippen molar-refractivity contribution in [1.82, 2.24) is 5.32 Å². The summed E-state index contributed by atoms with van der Waals surface area (Å²) in [5, 5.41) is 15.1. The van der Waals surface area contributed by atoms with Crippen LogP contribution in [0.1, 0.15) is 28.6 Å². The Morgan fingerprint density at radius 2 is 2.31 bits per heavy atom. The number of nitrogens with two attached hydrogens (primary N) is 1. The number of hydrogen-bond acceptors (Lipinski definition) is 5. The zero-order valence-corrected chi connectivity index (χ0v) is 10.1. The molecule has 1 amide bonds. The van der Waals surface area contributed by atoms with Crippen LogP contribution in [0.2, 0.25) is 0 Å². The second-order valence-electron chi connectivity index (χ2n) is 3.17. The maximum Gasteiger partial charge on any atom is 0.256 e. The van der Waals surface area contributed by atoms with Crippen molar-refractivity contribution in [2.24, 2.45) is 0 Å². The molecule has 4 N–H and O–H groups in total. The zero-order valence-electron chi connectivity index (χ0n) is 9.26. The molecule has 0 aromatic carbocycles. The fraction of sp³-hybridized carbons (Fsp3) is 0.400. The van der Waals surface area contributed by atoms with Gasteiger partial charge in [-0.15, -0.1) is 11.3 Å². The van der Waals surface area contributed by atoms with Crippen LogP contribution in [0.5, 0.6) is 0 Å². The summed E-state index contributed by atoms with van der Waals surface area (Å²) in [5.41, 5.74) is 6.38. The molecule has 0 radical (unpaired) electrons. The Labute approximate surface area is 98.3 Å². The Morgan fingerprint density at radius 1 is 1.62 bits per heavy atom. The van der Waals surface area contributed by atoms with Gasteiger partial charge in [0, 0.05) is 13.6 Å². The number of hydrogen-bond donors (Lipinski definition) is 3. The predicted octanol–water partition coefficient (Wildman–Crippen LogP) is 1.38. The number of nitrogens with one attached hydrogen (secondary N) is 2. The predicted molar refractivity (Wildman–Crippen MR) is 65.6 cm³/mol. The van der Waals surface area contributed by atoms with Crippen molar-refractivity contribution >= 4 is 27.9 Å². The molecule has 0 aliphatic heterocycles.